The van der Waals surface area contributed by atoms with Crippen LogP contribution in [0.5, 0.6) is 0 Å². The lowest BCUT2D eigenvalue weighted by Crippen LogP contribution is -2.48. The van der Waals surface area contributed by atoms with Crippen molar-refractivity contribution in [2.24, 2.45) is 0 Å². The molecule has 2 aliphatic heterocycles. The minimum atomic E-state index is 0.120. The Bertz CT molecular complexity index is 388. The quantitative estimate of drug-likeness (QED) is 0.726. The van der Waals surface area contributed by atoms with Crippen molar-refractivity contribution in [1.82, 2.24) is 10.2 Å². The molecule has 1 saturated heterocycles. The van der Waals surface area contributed by atoms with Crippen molar-refractivity contribution in [2.75, 3.05) is 6.54 Å². The van der Waals surface area contributed by atoms with Crippen LogP contribution in [0.25, 0.3) is 0 Å². The molecule has 3 nitrogen and oxygen atoms in total. The topological polar surface area (TPSA) is 32.3 Å². The van der Waals surface area contributed by atoms with E-state index in [0.29, 0.717) is 0 Å². The molecule has 0 aromatic carbocycles. The summed E-state index contributed by atoms with van der Waals surface area (Å²) in [7, 11) is 0. The Balaban J connectivity index is 1.94. The zero-order valence-electron chi connectivity index (χ0n) is 8.53. The van der Waals surface area contributed by atoms with Gasteiger partial charge in [0.05, 0.1) is 11.0 Å². The van der Waals surface area contributed by atoms with Crippen LogP contribution in [-0.2, 0) is 6.54 Å². The molecule has 15 heavy (non-hydrogen) atoms. The molecule has 3 heterocycles. The van der Waals surface area contributed by atoms with Crippen LogP contribution in [0.1, 0.15) is 34.5 Å². The first-order chi connectivity index (χ1) is 7.34. The van der Waals surface area contributed by atoms with E-state index in [1.807, 2.05) is 5.38 Å². The van der Waals surface area contributed by atoms with Crippen molar-refractivity contribution in [3.63, 3.8) is 0 Å². The fraction of sp³-hybridized carbons (Fsp3) is 0.545. The molecule has 0 aliphatic carbocycles. The molecule has 1 aromatic heterocycles. The largest absolute Gasteiger partial charge is 0.336 e. The van der Waals surface area contributed by atoms with Gasteiger partial charge in [0.15, 0.2) is 0 Å². The minimum absolute atomic E-state index is 0.120. The van der Waals surface area contributed by atoms with Crippen molar-refractivity contribution in [3.05, 3.63) is 21.9 Å². The summed E-state index contributed by atoms with van der Waals surface area (Å²) < 4.78 is 0. The zero-order chi connectivity index (χ0) is 10.3. The molecular formula is C11H14N2OS. The molecule has 80 valence electrons. The van der Waals surface area contributed by atoms with Gasteiger partial charge in [-0.25, -0.2) is 0 Å². The molecule has 3 rings (SSSR count). The molecule has 0 unspecified atom stereocenters. The van der Waals surface area contributed by atoms with Crippen LogP contribution >= 0.6 is 11.3 Å². The third-order valence-electron chi connectivity index (χ3n) is 3.24. The minimum Gasteiger partial charge on any atom is -0.336 e. The van der Waals surface area contributed by atoms with E-state index in [9.17, 15) is 4.79 Å². The first-order valence-electron chi connectivity index (χ1n) is 5.46. The average Bonchev–Trinajstić information content (AvgIpc) is 2.64. The third-order valence-corrected chi connectivity index (χ3v) is 4.19. The highest BCUT2D eigenvalue weighted by Gasteiger charge is 2.29. The lowest BCUT2D eigenvalue weighted by molar-refractivity contribution is 0.0797. The number of hydrogen-bond donors (Lipinski definition) is 1. The van der Waals surface area contributed by atoms with E-state index in [4.69, 9.17) is 0 Å². The summed E-state index contributed by atoms with van der Waals surface area (Å²) in [5, 5.41) is 5.13. The highest BCUT2D eigenvalue weighted by molar-refractivity contribution is 7.12. The molecule has 0 bridgehead atoms. The van der Waals surface area contributed by atoms with Crippen molar-refractivity contribution in [2.45, 2.75) is 32.0 Å². The van der Waals surface area contributed by atoms with Gasteiger partial charge in [-0.05, 0) is 36.3 Å². The van der Waals surface area contributed by atoms with Gasteiger partial charge in [-0.3, -0.25) is 9.69 Å². The summed E-state index contributed by atoms with van der Waals surface area (Å²) in [6.45, 7) is 2.04. The van der Waals surface area contributed by atoms with Crippen LogP contribution in [0.3, 0.4) is 0 Å². The normalized spacial score (nSPS) is 26.4. The van der Waals surface area contributed by atoms with Crippen LogP contribution < -0.4 is 5.32 Å². The molecule has 0 saturated carbocycles. The van der Waals surface area contributed by atoms with E-state index >= 15 is 0 Å². The van der Waals surface area contributed by atoms with E-state index in [2.05, 4.69) is 16.3 Å². The van der Waals surface area contributed by atoms with Crippen molar-refractivity contribution < 1.29 is 4.79 Å². The van der Waals surface area contributed by atoms with Crippen LogP contribution in [0.2, 0.25) is 0 Å². The van der Waals surface area contributed by atoms with Crippen LogP contribution in [0, 0.1) is 0 Å². The molecule has 1 aromatic rings. The van der Waals surface area contributed by atoms with Crippen molar-refractivity contribution >= 4 is 17.2 Å². The average molecular weight is 222 g/mol. The number of thiophene rings is 1. The number of rotatable bonds is 0. The Kier molecular flexibility index (Phi) is 2.25. The van der Waals surface area contributed by atoms with Crippen molar-refractivity contribution in [1.29, 1.82) is 0 Å². The smallest absolute Gasteiger partial charge is 0.262 e. The lowest BCUT2D eigenvalue weighted by atomic mass is 10.1. The van der Waals surface area contributed by atoms with Gasteiger partial charge in [-0.2, -0.15) is 0 Å². The second-order valence-corrected chi connectivity index (χ2v) is 5.15. The van der Waals surface area contributed by atoms with Gasteiger partial charge in [0, 0.05) is 13.1 Å². The standard InChI is InChI=1S/C11H14N2OS/c14-11-10-8(4-6-15-10)7-13-5-2-1-3-9(13)12-11/h4,6,9H,1-3,5,7H2,(H,12,14)/t9-/m0/s1. The van der Waals surface area contributed by atoms with E-state index < -0.39 is 0 Å². The summed E-state index contributed by atoms with van der Waals surface area (Å²) >= 11 is 1.55. The van der Waals surface area contributed by atoms with Gasteiger partial charge in [0.2, 0.25) is 0 Å². The fourth-order valence-electron chi connectivity index (χ4n) is 2.44. The SMILES string of the molecule is O=C1N[C@@H]2CCCCN2Cc2ccsc21. The maximum atomic E-state index is 11.9. The monoisotopic (exact) mass is 222 g/mol. The van der Waals surface area contributed by atoms with E-state index in [1.165, 1.54) is 18.4 Å². The molecule has 0 radical (unpaired) electrons. The number of amides is 1. The highest BCUT2D eigenvalue weighted by atomic mass is 32.1. The van der Waals surface area contributed by atoms with E-state index in [-0.39, 0.29) is 12.1 Å². The van der Waals surface area contributed by atoms with Crippen LogP contribution in [0.15, 0.2) is 11.4 Å². The Labute approximate surface area is 93.1 Å². The Morgan fingerprint density at radius 1 is 1.47 bits per heavy atom. The summed E-state index contributed by atoms with van der Waals surface area (Å²) in [5.41, 5.74) is 1.20. The number of fused-ring (bicyclic) bond motifs is 2. The van der Waals surface area contributed by atoms with Crippen LogP contribution in [0.4, 0.5) is 0 Å². The van der Waals surface area contributed by atoms with Gasteiger partial charge in [0.1, 0.15) is 0 Å². The first-order valence-corrected chi connectivity index (χ1v) is 6.34. The molecular weight excluding hydrogens is 208 g/mol. The number of piperidine rings is 1. The van der Waals surface area contributed by atoms with E-state index in [0.717, 1.165) is 24.4 Å². The second kappa shape index (κ2) is 3.61. The molecule has 1 amide bonds. The zero-order valence-corrected chi connectivity index (χ0v) is 9.35. The fourth-order valence-corrected chi connectivity index (χ4v) is 3.26. The number of carbonyl (C=O) groups excluding carboxylic acids is 1. The molecule has 1 fully saturated rings. The maximum Gasteiger partial charge on any atom is 0.262 e. The van der Waals surface area contributed by atoms with Gasteiger partial charge >= 0.3 is 0 Å². The highest BCUT2D eigenvalue weighted by Crippen LogP contribution is 2.26. The van der Waals surface area contributed by atoms with Gasteiger partial charge in [-0.1, -0.05) is 0 Å². The second-order valence-electron chi connectivity index (χ2n) is 4.23. The lowest BCUT2D eigenvalue weighted by Gasteiger charge is -2.34. The Morgan fingerprint density at radius 2 is 2.40 bits per heavy atom. The summed E-state index contributed by atoms with van der Waals surface area (Å²) in [6, 6.07) is 2.08. The molecule has 1 atom stereocenters. The van der Waals surface area contributed by atoms with Gasteiger partial charge < -0.3 is 5.32 Å². The predicted octanol–water partition coefficient (Wildman–Crippen LogP) is 1.80. The Morgan fingerprint density at radius 3 is 3.33 bits per heavy atom. The van der Waals surface area contributed by atoms with Gasteiger partial charge in [0.25, 0.3) is 5.91 Å². The first kappa shape index (κ1) is 9.36. The predicted molar refractivity (Wildman–Crippen MR) is 59.8 cm³/mol. The Hall–Kier alpha value is -0.870. The third kappa shape index (κ3) is 1.58. The maximum absolute atomic E-state index is 11.9. The number of nitrogens with zero attached hydrogens (tertiary/aromatic N) is 1. The molecule has 0 spiro atoms. The molecule has 1 N–H and O–H groups in total. The van der Waals surface area contributed by atoms with Crippen molar-refractivity contribution in [3.8, 4) is 0 Å². The summed E-state index contributed by atoms with van der Waals surface area (Å²) in [6.07, 6.45) is 3.85. The van der Waals surface area contributed by atoms with Gasteiger partial charge in [-0.15, -0.1) is 11.3 Å². The summed E-state index contributed by atoms with van der Waals surface area (Å²) in [4.78, 5) is 15.2. The molecule has 4 heteroatoms. The number of carbonyl (C=O) groups is 1. The van der Waals surface area contributed by atoms with Crippen LogP contribution in [-0.4, -0.2) is 23.5 Å². The molecule has 2 aliphatic rings. The van der Waals surface area contributed by atoms with E-state index in [1.54, 1.807) is 11.3 Å². The summed E-state index contributed by atoms with van der Waals surface area (Å²) in [5.74, 6) is 0.120. The number of hydrogen-bond acceptors (Lipinski definition) is 3. The number of nitrogens with one attached hydrogen (secondary N) is 1.